The normalized spacial score (nSPS) is 11.9. The lowest BCUT2D eigenvalue weighted by Crippen LogP contribution is -2.08. The molecule has 0 spiro atoms. The standard InChI is InChI=1S/C51H31N5O/c1-3-17-32(18-4-1)49-52-50(33-19-5-2-6-20-33)54-51(53-49)39-31-45-46(38-25-11-16-30-44(38)57-45)48(56-42-28-14-9-23-36(42)37-24-10-15-29-43(37)56)47(39)55-40-26-12-7-21-34(40)35-22-8-13-27-41(35)55/h1-31H. The Hall–Kier alpha value is -7.83. The zero-order chi connectivity index (χ0) is 37.5. The van der Waals surface area contributed by atoms with E-state index in [1.54, 1.807) is 0 Å². The highest BCUT2D eigenvalue weighted by atomic mass is 16.3. The predicted octanol–water partition coefficient (Wildman–Crippen LogP) is 13.0. The molecule has 0 aliphatic carbocycles. The van der Waals surface area contributed by atoms with E-state index in [9.17, 15) is 0 Å². The Bertz CT molecular complexity index is 3360. The zero-order valence-electron chi connectivity index (χ0n) is 30.5. The second-order valence-electron chi connectivity index (χ2n) is 14.4. The van der Waals surface area contributed by atoms with Crippen molar-refractivity contribution in [2.24, 2.45) is 0 Å². The van der Waals surface area contributed by atoms with Gasteiger partial charge in [-0.2, -0.15) is 0 Å². The van der Waals surface area contributed by atoms with Crippen LogP contribution >= 0.6 is 0 Å². The highest BCUT2D eigenvalue weighted by Crippen LogP contribution is 2.47. The van der Waals surface area contributed by atoms with E-state index in [-0.39, 0.29) is 0 Å². The third kappa shape index (κ3) is 4.74. The lowest BCUT2D eigenvalue weighted by molar-refractivity contribution is 0.669. The first-order chi connectivity index (χ1) is 28.3. The molecule has 0 radical (unpaired) electrons. The van der Waals surface area contributed by atoms with Crippen molar-refractivity contribution < 1.29 is 4.42 Å². The Kier molecular flexibility index (Phi) is 6.83. The van der Waals surface area contributed by atoms with Gasteiger partial charge in [0.2, 0.25) is 0 Å². The van der Waals surface area contributed by atoms with Crippen molar-refractivity contribution in [2.75, 3.05) is 0 Å². The highest BCUT2D eigenvalue weighted by molar-refractivity contribution is 6.18. The van der Waals surface area contributed by atoms with Crippen molar-refractivity contribution in [3.63, 3.8) is 0 Å². The summed E-state index contributed by atoms with van der Waals surface area (Å²) < 4.78 is 11.7. The topological polar surface area (TPSA) is 61.7 Å². The fourth-order valence-electron chi connectivity index (χ4n) is 8.73. The molecule has 4 aromatic heterocycles. The average Bonchev–Trinajstić information content (AvgIpc) is 3.94. The molecule has 6 heteroatoms. The summed E-state index contributed by atoms with van der Waals surface area (Å²) in [5.41, 5.74) is 10.5. The van der Waals surface area contributed by atoms with Crippen molar-refractivity contribution in [2.45, 2.75) is 0 Å². The quantitative estimate of drug-likeness (QED) is 0.177. The van der Waals surface area contributed by atoms with Gasteiger partial charge in [-0.25, -0.2) is 15.0 Å². The smallest absolute Gasteiger partial charge is 0.166 e. The van der Waals surface area contributed by atoms with Crippen LogP contribution in [-0.4, -0.2) is 24.1 Å². The first-order valence-corrected chi connectivity index (χ1v) is 19.1. The maximum Gasteiger partial charge on any atom is 0.166 e. The van der Waals surface area contributed by atoms with E-state index >= 15 is 0 Å². The van der Waals surface area contributed by atoms with Crippen LogP contribution in [0.3, 0.4) is 0 Å². The second kappa shape index (κ2) is 12.3. The molecule has 0 aliphatic heterocycles. The van der Waals surface area contributed by atoms with Crippen LogP contribution in [0.15, 0.2) is 192 Å². The van der Waals surface area contributed by atoms with Crippen molar-refractivity contribution in [1.82, 2.24) is 24.1 Å². The number of hydrogen-bond acceptors (Lipinski definition) is 4. The summed E-state index contributed by atoms with van der Waals surface area (Å²) in [6.45, 7) is 0. The Morgan fingerprint density at radius 2 is 0.719 bits per heavy atom. The average molecular weight is 730 g/mol. The van der Waals surface area contributed by atoms with E-state index in [2.05, 4.69) is 130 Å². The molecule has 12 rings (SSSR count). The molecule has 0 aliphatic rings. The number of furan rings is 1. The molecule has 8 aromatic carbocycles. The summed E-state index contributed by atoms with van der Waals surface area (Å²) in [6, 6.07) is 65.4. The first-order valence-electron chi connectivity index (χ1n) is 19.1. The van der Waals surface area contributed by atoms with Gasteiger partial charge < -0.3 is 13.6 Å². The summed E-state index contributed by atoms with van der Waals surface area (Å²) in [4.78, 5) is 15.8. The molecule has 6 nitrogen and oxygen atoms in total. The van der Waals surface area contributed by atoms with E-state index < -0.39 is 0 Å². The van der Waals surface area contributed by atoms with E-state index in [0.29, 0.717) is 17.5 Å². The molecule has 0 unspecified atom stereocenters. The minimum atomic E-state index is 0.545. The molecule has 0 N–H and O–H groups in total. The van der Waals surface area contributed by atoms with Crippen molar-refractivity contribution >= 4 is 65.6 Å². The maximum absolute atomic E-state index is 6.86. The lowest BCUT2D eigenvalue weighted by Gasteiger charge is -2.21. The fourth-order valence-corrected chi connectivity index (χ4v) is 8.73. The number of fused-ring (bicyclic) bond motifs is 9. The molecule has 266 valence electrons. The molecule has 0 fully saturated rings. The number of nitrogens with zero attached hydrogens (tertiary/aromatic N) is 5. The largest absolute Gasteiger partial charge is 0.456 e. The van der Waals surface area contributed by atoms with Crippen LogP contribution in [-0.2, 0) is 0 Å². The highest BCUT2D eigenvalue weighted by Gasteiger charge is 2.29. The van der Waals surface area contributed by atoms with Crippen LogP contribution in [0, 0.1) is 0 Å². The molecule has 4 heterocycles. The number of benzene rings is 8. The van der Waals surface area contributed by atoms with Gasteiger partial charge in [0.25, 0.3) is 0 Å². The molecular formula is C51H31N5O. The van der Waals surface area contributed by atoms with Gasteiger partial charge in [0.1, 0.15) is 11.2 Å². The number of rotatable bonds is 5. The Balaban J connectivity index is 1.35. The maximum atomic E-state index is 6.86. The Morgan fingerprint density at radius 1 is 0.333 bits per heavy atom. The fraction of sp³-hybridized carbons (Fsp3) is 0. The summed E-state index contributed by atoms with van der Waals surface area (Å²) in [5.74, 6) is 1.73. The summed E-state index contributed by atoms with van der Waals surface area (Å²) in [6.07, 6.45) is 0. The van der Waals surface area contributed by atoms with Gasteiger partial charge in [-0.3, -0.25) is 0 Å². The minimum absolute atomic E-state index is 0.545. The SMILES string of the molecule is c1ccc(-c2nc(-c3ccccc3)nc(-c3cc4oc5ccccc5c4c(-n4c5ccccc5c5ccccc54)c3-n3c4ccccc4c4ccccc43)n2)cc1. The molecule has 0 saturated carbocycles. The van der Waals surface area contributed by atoms with Gasteiger partial charge in [-0.1, -0.05) is 152 Å². The van der Waals surface area contributed by atoms with Crippen LogP contribution in [0.1, 0.15) is 0 Å². The summed E-state index contributed by atoms with van der Waals surface area (Å²) in [7, 11) is 0. The first kappa shape index (κ1) is 31.5. The van der Waals surface area contributed by atoms with Gasteiger partial charge in [0, 0.05) is 43.6 Å². The second-order valence-corrected chi connectivity index (χ2v) is 14.4. The van der Waals surface area contributed by atoms with E-state index in [4.69, 9.17) is 19.4 Å². The van der Waals surface area contributed by atoms with Crippen LogP contribution in [0.4, 0.5) is 0 Å². The van der Waals surface area contributed by atoms with Gasteiger partial charge in [-0.15, -0.1) is 0 Å². The van der Waals surface area contributed by atoms with E-state index in [1.165, 1.54) is 10.8 Å². The molecular weight excluding hydrogens is 699 g/mol. The molecule has 57 heavy (non-hydrogen) atoms. The van der Waals surface area contributed by atoms with Crippen LogP contribution < -0.4 is 0 Å². The minimum Gasteiger partial charge on any atom is -0.456 e. The van der Waals surface area contributed by atoms with Crippen LogP contribution in [0.2, 0.25) is 0 Å². The monoisotopic (exact) mass is 729 g/mol. The third-order valence-electron chi connectivity index (χ3n) is 11.2. The van der Waals surface area contributed by atoms with Gasteiger partial charge in [0.05, 0.1) is 38.8 Å². The van der Waals surface area contributed by atoms with Crippen molar-refractivity contribution in [3.8, 4) is 45.5 Å². The zero-order valence-corrected chi connectivity index (χ0v) is 30.5. The molecule has 12 aromatic rings. The predicted molar refractivity (Wildman–Crippen MR) is 232 cm³/mol. The molecule has 0 saturated heterocycles. The number of hydrogen-bond donors (Lipinski definition) is 0. The van der Waals surface area contributed by atoms with Crippen molar-refractivity contribution in [1.29, 1.82) is 0 Å². The Morgan fingerprint density at radius 3 is 1.21 bits per heavy atom. The van der Waals surface area contributed by atoms with Crippen LogP contribution in [0.25, 0.3) is 111 Å². The van der Waals surface area contributed by atoms with Crippen LogP contribution in [0.5, 0.6) is 0 Å². The van der Waals surface area contributed by atoms with Gasteiger partial charge >= 0.3 is 0 Å². The molecule has 0 atom stereocenters. The number of aromatic nitrogens is 5. The van der Waals surface area contributed by atoms with E-state index in [1.807, 2.05) is 66.7 Å². The molecule has 0 amide bonds. The summed E-state index contributed by atoms with van der Waals surface area (Å²) >= 11 is 0. The third-order valence-corrected chi connectivity index (χ3v) is 11.2. The van der Waals surface area contributed by atoms with E-state index in [0.717, 1.165) is 82.8 Å². The lowest BCUT2D eigenvalue weighted by atomic mass is 10.0. The summed E-state index contributed by atoms with van der Waals surface area (Å²) in [5, 5.41) is 6.71. The number of para-hydroxylation sites is 5. The van der Waals surface area contributed by atoms with Gasteiger partial charge in [-0.05, 0) is 36.4 Å². The van der Waals surface area contributed by atoms with Crippen molar-refractivity contribution in [3.05, 3.63) is 188 Å². The Labute approximate surface area is 326 Å². The molecule has 0 bridgehead atoms. The van der Waals surface area contributed by atoms with Gasteiger partial charge in [0.15, 0.2) is 17.5 Å².